The molecule has 3 aromatic carbocycles. The van der Waals surface area contributed by atoms with Crippen molar-refractivity contribution >= 4 is 23.4 Å². The van der Waals surface area contributed by atoms with Gasteiger partial charge in [0.25, 0.3) is 0 Å². The molecule has 2 bridgehead atoms. The highest BCUT2D eigenvalue weighted by atomic mass is 16.5. The van der Waals surface area contributed by atoms with Crippen LogP contribution in [0.15, 0.2) is 91.0 Å². The van der Waals surface area contributed by atoms with Crippen LogP contribution in [0.25, 0.3) is 0 Å². The molecule has 0 radical (unpaired) electrons. The van der Waals surface area contributed by atoms with Gasteiger partial charge in [0.05, 0.1) is 30.1 Å². The zero-order valence-corrected chi connectivity index (χ0v) is 23.7. The lowest BCUT2D eigenvalue weighted by atomic mass is 9.65. The number of ether oxygens (including phenoxy) is 1. The summed E-state index contributed by atoms with van der Waals surface area (Å²) in [6.07, 6.45) is 1.96. The molecule has 1 spiro atoms. The third kappa shape index (κ3) is 4.68. The van der Waals surface area contributed by atoms with E-state index in [1.54, 1.807) is 0 Å². The fourth-order valence-electron chi connectivity index (χ4n) is 7.51. The van der Waals surface area contributed by atoms with Crippen LogP contribution in [0.5, 0.6) is 0 Å². The second kappa shape index (κ2) is 11.3. The van der Waals surface area contributed by atoms with Crippen LogP contribution in [-0.2, 0) is 32.1 Å². The topological polar surface area (TPSA) is 108 Å². The number of hydrogen-bond acceptors (Lipinski definition) is 5. The molecule has 3 aliphatic rings. The van der Waals surface area contributed by atoms with Gasteiger partial charge >= 0.3 is 0 Å². The zero-order valence-electron chi connectivity index (χ0n) is 23.7. The van der Waals surface area contributed by atoms with Crippen molar-refractivity contribution in [3.8, 4) is 0 Å². The van der Waals surface area contributed by atoms with Crippen molar-refractivity contribution in [2.75, 3.05) is 11.9 Å². The molecule has 0 aromatic heterocycles. The van der Waals surface area contributed by atoms with E-state index in [-0.39, 0.29) is 30.9 Å². The Labute approximate surface area is 246 Å². The van der Waals surface area contributed by atoms with Crippen LogP contribution in [0, 0.1) is 11.8 Å². The fourth-order valence-corrected chi connectivity index (χ4v) is 7.51. The Morgan fingerprint density at radius 3 is 2.17 bits per heavy atom. The van der Waals surface area contributed by atoms with Crippen LogP contribution >= 0.6 is 0 Å². The molecule has 3 fully saturated rings. The SMILES string of the molecule is CC[C@@]12CCC3(O1)C(C(=O)NCc1ccccc1)N([C@@H](CO)Cc1ccccc1)C(=O)[C@@H]3[C@@H]2C(=O)Nc1ccccc1. The molecule has 6 atom stereocenters. The number of anilines is 1. The first-order valence-electron chi connectivity index (χ1n) is 14.8. The van der Waals surface area contributed by atoms with E-state index >= 15 is 0 Å². The van der Waals surface area contributed by atoms with Gasteiger partial charge in [0.2, 0.25) is 17.7 Å². The summed E-state index contributed by atoms with van der Waals surface area (Å²) in [6, 6.07) is 26.7. The summed E-state index contributed by atoms with van der Waals surface area (Å²) in [5.41, 5.74) is 0.493. The van der Waals surface area contributed by atoms with Crippen LogP contribution in [0.4, 0.5) is 5.69 Å². The van der Waals surface area contributed by atoms with Gasteiger partial charge in [-0.1, -0.05) is 85.8 Å². The number of nitrogens with zero attached hydrogens (tertiary/aromatic N) is 1. The lowest BCUT2D eigenvalue weighted by Crippen LogP contribution is -2.58. The maximum absolute atomic E-state index is 14.6. The molecule has 3 aliphatic heterocycles. The van der Waals surface area contributed by atoms with Gasteiger partial charge in [0, 0.05) is 12.2 Å². The standard InChI is InChI=1S/C34H37N3O5/c1-2-33-18-19-34(42-33)28(27(33)30(39)36-25-16-10-5-11-17-25)32(41)37(26(22-38)20-23-12-6-3-7-13-23)29(34)31(40)35-21-24-14-8-4-9-15-24/h3-17,26-29,38H,2,18-22H2,1H3,(H,35,40)(H,36,39)/t26-,27-,28+,29?,33+,34?/m1/s1. The van der Waals surface area contributed by atoms with Gasteiger partial charge in [-0.25, -0.2) is 0 Å². The van der Waals surface area contributed by atoms with E-state index in [1.165, 1.54) is 4.90 Å². The average Bonchev–Trinajstić information content (AvgIpc) is 3.64. The molecule has 3 aromatic rings. The Balaban J connectivity index is 1.38. The van der Waals surface area contributed by atoms with Crippen LogP contribution < -0.4 is 10.6 Å². The lowest BCUT2D eigenvalue weighted by molar-refractivity contribution is -0.150. The smallest absolute Gasteiger partial charge is 0.246 e. The van der Waals surface area contributed by atoms with E-state index in [1.807, 2.05) is 97.9 Å². The van der Waals surface area contributed by atoms with Crippen LogP contribution in [0.2, 0.25) is 0 Å². The molecule has 6 rings (SSSR count). The molecule has 8 heteroatoms. The van der Waals surface area contributed by atoms with Crippen LogP contribution in [0.1, 0.15) is 37.3 Å². The summed E-state index contributed by atoms with van der Waals surface area (Å²) in [5, 5.41) is 16.7. The van der Waals surface area contributed by atoms with Crippen molar-refractivity contribution in [1.82, 2.24) is 10.2 Å². The Bertz CT molecular complexity index is 1440. The van der Waals surface area contributed by atoms with Gasteiger partial charge < -0.3 is 25.4 Å². The highest BCUT2D eigenvalue weighted by Gasteiger charge is 2.79. The van der Waals surface area contributed by atoms with Gasteiger partial charge in [-0.15, -0.1) is 0 Å². The summed E-state index contributed by atoms with van der Waals surface area (Å²) in [4.78, 5) is 44.2. The van der Waals surface area contributed by atoms with Crippen molar-refractivity contribution in [2.24, 2.45) is 11.8 Å². The van der Waals surface area contributed by atoms with E-state index in [4.69, 9.17) is 4.74 Å². The first-order valence-corrected chi connectivity index (χ1v) is 14.8. The Morgan fingerprint density at radius 2 is 1.55 bits per heavy atom. The number of para-hydroxylation sites is 1. The van der Waals surface area contributed by atoms with Crippen LogP contribution in [0.3, 0.4) is 0 Å². The highest BCUT2D eigenvalue weighted by Crippen LogP contribution is 2.64. The first-order chi connectivity index (χ1) is 20.4. The van der Waals surface area contributed by atoms with Crippen molar-refractivity contribution < 1.29 is 24.2 Å². The molecule has 3 N–H and O–H groups in total. The number of rotatable bonds is 10. The molecule has 8 nitrogen and oxygen atoms in total. The number of aliphatic hydroxyl groups is 1. The van der Waals surface area contributed by atoms with Gasteiger partial charge in [-0.3, -0.25) is 14.4 Å². The largest absolute Gasteiger partial charge is 0.394 e. The Morgan fingerprint density at radius 1 is 0.929 bits per heavy atom. The number of carbonyl (C=O) groups is 3. The van der Waals surface area contributed by atoms with Gasteiger partial charge in [0.1, 0.15) is 11.6 Å². The van der Waals surface area contributed by atoms with Gasteiger partial charge in [-0.2, -0.15) is 0 Å². The van der Waals surface area contributed by atoms with E-state index < -0.39 is 35.1 Å². The van der Waals surface area contributed by atoms with Crippen molar-refractivity contribution in [1.29, 1.82) is 0 Å². The van der Waals surface area contributed by atoms with Gasteiger partial charge in [0.15, 0.2) is 0 Å². The molecular formula is C34H37N3O5. The maximum atomic E-state index is 14.6. The molecule has 0 saturated carbocycles. The summed E-state index contributed by atoms with van der Waals surface area (Å²) in [7, 11) is 0. The number of benzene rings is 3. The minimum atomic E-state index is -1.17. The predicted octanol–water partition coefficient (Wildman–Crippen LogP) is 3.70. The molecule has 3 heterocycles. The second-order valence-corrected chi connectivity index (χ2v) is 11.7. The zero-order chi connectivity index (χ0) is 29.3. The molecule has 218 valence electrons. The molecular weight excluding hydrogens is 530 g/mol. The number of carbonyl (C=O) groups excluding carboxylic acids is 3. The maximum Gasteiger partial charge on any atom is 0.246 e. The molecule has 0 aliphatic carbocycles. The number of nitrogens with one attached hydrogen (secondary N) is 2. The number of likely N-dealkylation sites (tertiary alicyclic amines) is 1. The first kappa shape index (κ1) is 28.1. The summed E-state index contributed by atoms with van der Waals surface area (Å²) >= 11 is 0. The average molecular weight is 568 g/mol. The number of amides is 3. The Hall–Kier alpha value is -4.01. The van der Waals surface area contributed by atoms with E-state index in [0.717, 1.165) is 11.1 Å². The predicted molar refractivity (Wildman–Crippen MR) is 158 cm³/mol. The minimum absolute atomic E-state index is 0.281. The summed E-state index contributed by atoms with van der Waals surface area (Å²) in [6.45, 7) is 1.94. The molecule has 3 saturated heterocycles. The van der Waals surface area contributed by atoms with Gasteiger partial charge in [-0.05, 0) is 48.9 Å². The number of fused-ring (bicyclic) bond motifs is 1. The summed E-state index contributed by atoms with van der Waals surface area (Å²) < 4.78 is 6.86. The number of hydrogen-bond donors (Lipinski definition) is 3. The van der Waals surface area contributed by atoms with E-state index in [2.05, 4.69) is 10.6 Å². The van der Waals surface area contributed by atoms with E-state index in [9.17, 15) is 19.5 Å². The lowest BCUT2D eigenvalue weighted by Gasteiger charge is -2.37. The highest BCUT2D eigenvalue weighted by molar-refractivity contribution is 6.02. The summed E-state index contributed by atoms with van der Waals surface area (Å²) in [5.74, 6) is -2.54. The molecule has 3 amide bonds. The monoisotopic (exact) mass is 567 g/mol. The normalized spacial score (nSPS) is 28.4. The van der Waals surface area contributed by atoms with Crippen molar-refractivity contribution in [3.63, 3.8) is 0 Å². The second-order valence-electron chi connectivity index (χ2n) is 11.7. The third-order valence-electron chi connectivity index (χ3n) is 9.42. The fraction of sp³-hybridized carbons (Fsp3) is 0.382. The van der Waals surface area contributed by atoms with Crippen LogP contribution in [-0.4, -0.2) is 57.6 Å². The van der Waals surface area contributed by atoms with E-state index in [0.29, 0.717) is 31.4 Å². The minimum Gasteiger partial charge on any atom is -0.394 e. The third-order valence-corrected chi connectivity index (χ3v) is 9.42. The Kier molecular flexibility index (Phi) is 7.60. The number of aliphatic hydroxyl groups excluding tert-OH is 1. The quantitative estimate of drug-likeness (QED) is 0.346. The van der Waals surface area contributed by atoms with Crippen molar-refractivity contribution in [3.05, 3.63) is 102 Å². The molecule has 2 unspecified atom stereocenters. The van der Waals surface area contributed by atoms with Crippen molar-refractivity contribution in [2.45, 2.75) is 62.4 Å². The molecule has 42 heavy (non-hydrogen) atoms.